The van der Waals surface area contributed by atoms with E-state index >= 15 is 0 Å². The molecule has 0 bridgehead atoms. The molecule has 0 fully saturated rings. The van der Waals surface area contributed by atoms with Crippen molar-refractivity contribution in [1.82, 2.24) is 10.2 Å². The summed E-state index contributed by atoms with van der Waals surface area (Å²) in [5.41, 5.74) is 2.79. The Morgan fingerprint density at radius 2 is 1.52 bits per heavy atom. The molecule has 1 unspecified atom stereocenters. The monoisotopic (exact) mass is 454 g/mol. The van der Waals surface area contributed by atoms with E-state index in [1.165, 1.54) is 13.2 Å². The molecule has 0 saturated heterocycles. The van der Waals surface area contributed by atoms with Crippen LogP contribution in [0.1, 0.15) is 29.7 Å². The van der Waals surface area contributed by atoms with Crippen LogP contribution in [-0.4, -0.2) is 37.6 Å². The van der Waals surface area contributed by atoms with Crippen molar-refractivity contribution in [1.29, 1.82) is 0 Å². The lowest BCUT2D eigenvalue weighted by atomic mass is 9.98. The predicted molar refractivity (Wildman–Crippen MR) is 123 cm³/mol. The Bertz CT molecular complexity index is 993. The molecule has 0 aromatic heterocycles. The van der Waals surface area contributed by atoms with Gasteiger partial charge in [-0.25, -0.2) is 0 Å². The third-order valence-corrected chi connectivity index (χ3v) is 5.47. The highest BCUT2D eigenvalue weighted by Crippen LogP contribution is 2.30. The van der Waals surface area contributed by atoms with Crippen LogP contribution in [0.4, 0.5) is 8.78 Å². The number of carbonyl (C=O) groups is 1. The van der Waals surface area contributed by atoms with Crippen LogP contribution in [0.3, 0.4) is 0 Å². The highest BCUT2D eigenvalue weighted by Gasteiger charge is 2.23. The summed E-state index contributed by atoms with van der Waals surface area (Å²) < 4.78 is 34.8. The van der Waals surface area contributed by atoms with Gasteiger partial charge in [-0.2, -0.15) is 8.78 Å². The first kappa shape index (κ1) is 24.2. The number of ether oxygens (including phenoxy) is 2. The highest BCUT2D eigenvalue weighted by molar-refractivity contribution is 5.82. The molecule has 3 aromatic carbocycles. The van der Waals surface area contributed by atoms with Gasteiger partial charge in [0, 0.05) is 6.54 Å². The first-order valence-corrected chi connectivity index (χ1v) is 10.6. The Balaban J connectivity index is 1.72. The number of likely N-dealkylation sites (N-methyl/N-ethyl adjacent to an activating group) is 1. The van der Waals surface area contributed by atoms with Crippen LogP contribution in [-0.2, 0) is 11.3 Å². The summed E-state index contributed by atoms with van der Waals surface area (Å²) >= 11 is 0. The quantitative estimate of drug-likeness (QED) is 0.467. The van der Waals surface area contributed by atoms with E-state index in [1.807, 2.05) is 79.5 Å². The Labute approximate surface area is 192 Å². The largest absolute Gasteiger partial charge is 0.493 e. The maximum absolute atomic E-state index is 13.1. The van der Waals surface area contributed by atoms with Crippen molar-refractivity contribution in [3.63, 3.8) is 0 Å². The first-order chi connectivity index (χ1) is 15.9. The van der Waals surface area contributed by atoms with Gasteiger partial charge in [0.25, 0.3) is 0 Å². The average Bonchev–Trinajstić information content (AvgIpc) is 2.83. The van der Waals surface area contributed by atoms with E-state index in [0.29, 0.717) is 6.54 Å². The number of hydrogen-bond donors (Lipinski definition) is 1. The maximum atomic E-state index is 13.1. The SMILES string of the molecule is COc1cc(CN(C)C(C)C(=O)NC(c2ccccc2)c2ccccc2)ccc1OC(F)F. The summed E-state index contributed by atoms with van der Waals surface area (Å²) in [5, 5.41) is 3.16. The zero-order valence-electron chi connectivity index (χ0n) is 18.9. The van der Waals surface area contributed by atoms with Crippen molar-refractivity contribution in [3.8, 4) is 11.5 Å². The van der Waals surface area contributed by atoms with Crippen LogP contribution in [0.15, 0.2) is 78.9 Å². The number of alkyl halides is 2. The average molecular weight is 455 g/mol. The summed E-state index contributed by atoms with van der Waals surface area (Å²) in [6.45, 7) is -0.687. The molecule has 0 aliphatic heterocycles. The van der Waals surface area contributed by atoms with Crippen LogP contribution in [0.25, 0.3) is 0 Å². The van der Waals surface area contributed by atoms with Gasteiger partial charge in [-0.1, -0.05) is 66.7 Å². The van der Waals surface area contributed by atoms with Crippen LogP contribution in [0.5, 0.6) is 11.5 Å². The van der Waals surface area contributed by atoms with Gasteiger partial charge in [0.1, 0.15) is 0 Å². The lowest BCUT2D eigenvalue weighted by molar-refractivity contribution is -0.126. The van der Waals surface area contributed by atoms with Crippen molar-refractivity contribution < 1.29 is 23.0 Å². The summed E-state index contributed by atoms with van der Waals surface area (Å²) in [6.07, 6.45) is 0. The Morgan fingerprint density at radius 1 is 0.939 bits per heavy atom. The minimum absolute atomic E-state index is 0.0294. The number of halogens is 2. The number of amides is 1. The van der Waals surface area contributed by atoms with Crippen LogP contribution < -0.4 is 14.8 Å². The minimum atomic E-state index is -2.93. The topological polar surface area (TPSA) is 50.8 Å². The molecule has 0 saturated carbocycles. The second-order valence-corrected chi connectivity index (χ2v) is 7.72. The van der Waals surface area contributed by atoms with E-state index in [9.17, 15) is 13.6 Å². The normalized spacial score (nSPS) is 12.1. The lowest BCUT2D eigenvalue weighted by Gasteiger charge is -2.27. The van der Waals surface area contributed by atoms with Crippen LogP contribution >= 0.6 is 0 Å². The van der Waals surface area contributed by atoms with Crippen molar-refractivity contribution >= 4 is 5.91 Å². The van der Waals surface area contributed by atoms with Crippen molar-refractivity contribution in [2.45, 2.75) is 32.2 Å². The molecule has 0 radical (unpaired) electrons. The van der Waals surface area contributed by atoms with Gasteiger partial charge >= 0.3 is 6.61 Å². The molecule has 174 valence electrons. The fourth-order valence-electron chi connectivity index (χ4n) is 3.54. The van der Waals surface area contributed by atoms with Crippen molar-refractivity contribution in [2.24, 2.45) is 0 Å². The first-order valence-electron chi connectivity index (χ1n) is 10.6. The van der Waals surface area contributed by atoms with Crippen molar-refractivity contribution in [3.05, 3.63) is 95.6 Å². The molecule has 33 heavy (non-hydrogen) atoms. The molecule has 0 aliphatic rings. The fraction of sp³-hybridized carbons (Fsp3) is 0.269. The van der Waals surface area contributed by atoms with Gasteiger partial charge in [-0.15, -0.1) is 0 Å². The van der Waals surface area contributed by atoms with Gasteiger partial charge in [-0.05, 0) is 42.8 Å². The number of nitrogens with zero attached hydrogens (tertiary/aromatic N) is 1. The van der Waals surface area contributed by atoms with Gasteiger partial charge in [-0.3, -0.25) is 9.69 Å². The predicted octanol–water partition coefficient (Wildman–Crippen LogP) is 5.02. The Hall–Kier alpha value is -3.45. The fourth-order valence-corrected chi connectivity index (χ4v) is 3.54. The molecule has 0 heterocycles. The highest BCUT2D eigenvalue weighted by atomic mass is 19.3. The zero-order chi connectivity index (χ0) is 23.8. The smallest absolute Gasteiger partial charge is 0.387 e. The molecule has 5 nitrogen and oxygen atoms in total. The third kappa shape index (κ3) is 6.52. The Morgan fingerprint density at radius 3 is 2.03 bits per heavy atom. The number of hydrogen-bond acceptors (Lipinski definition) is 4. The zero-order valence-corrected chi connectivity index (χ0v) is 18.9. The third-order valence-electron chi connectivity index (χ3n) is 5.47. The molecule has 1 amide bonds. The molecule has 3 rings (SSSR count). The van der Waals surface area contributed by atoms with E-state index in [-0.39, 0.29) is 23.4 Å². The number of benzene rings is 3. The Kier molecular flexibility index (Phi) is 8.38. The van der Waals surface area contributed by atoms with Gasteiger partial charge in [0.15, 0.2) is 11.5 Å². The standard InChI is InChI=1S/C26H28F2N2O3/c1-18(30(2)17-19-14-15-22(33-26(27)28)23(16-19)32-3)25(31)29-24(20-10-6-4-7-11-20)21-12-8-5-9-13-21/h4-16,18,24,26H,17H2,1-3H3,(H,29,31). The summed E-state index contributed by atoms with van der Waals surface area (Å²) in [5.74, 6) is 0.0598. The molecular formula is C26H28F2N2O3. The van der Waals surface area contributed by atoms with Crippen LogP contribution in [0.2, 0.25) is 0 Å². The summed E-state index contributed by atoms with van der Waals surface area (Å²) in [7, 11) is 3.23. The van der Waals surface area contributed by atoms with E-state index in [0.717, 1.165) is 16.7 Å². The summed E-state index contributed by atoms with van der Waals surface area (Å²) in [6, 6.07) is 23.7. The number of rotatable bonds is 10. The van der Waals surface area contributed by atoms with E-state index < -0.39 is 12.7 Å². The number of carbonyl (C=O) groups excluding carboxylic acids is 1. The van der Waals surface area contributed by atoms with Gasteiger partial charge in [0.05, 0.1) is 19.2 Å². The number of methoxy groups -OCH3 is 1. The maximum Gasteiger partial charge on any atom is 0.387 e. The van der Waals surface area contributed by atoms with Gasteiger partial charge in [0.2, 0.25) is 5.91 Å². The molecular weight excluding hydrogens is 426 g/mol. The van der Waals surface area contributed by atoms with Gasteiger partial charge < -0.3 is 14.8 Å². The van der Waals surface area contributed by atoms with E-state index in [2.05, 4.69) is 10.1 Å². The second kappa shape index (κ2) is 11.4. The molecule has 7 heteroatoms. The molecule has 0 aliphatic carbocycles. The number of nitrogens with one attached hydrogen (secondary N) is 1. The molecule has 1 N–H and O–H groups in total. The molecule has 3 aromatic rings. The van der Waals surface area contributed by atoms with Crippen LogP contribution in [0, 0.1) is 0 Å². The second-order valence-electron chi connectivity index (χ2n) is 7.72. The molecule has 0 spiro atoms. The van der Waals surface area contributed by atoms with E-state index in [4.69, 9.17) is 4.74 Å². The molecule has 1 atom stereocenters. The van der Waals surface area contributed by atoms with Crippen molar-refractivity contribution in [2.75, 3.05) is 14.2 Å². The minimum Gasteiger partial charge on any atom is -0.493 e. The summed E-state index contributed by atoms with van der Waals surface area (Å²) in [4.78, 5) is 15.0. The lowest BCUT2D eigenvalue weighted by Crippen LogP contribution is -2.44. The van der Waals surface area contributed by atoms with E-state index in [1.54, 1.807) is 12.1 Å².